The standard InChI is InChI=1S/C17H23NSi/c1-13-7-8-14(2)16(11-13)17-10-9-15(12-18(17)3)19(4,5)6/h7-12H,3H2,1-2,4-6H3. The molecule has 1 aromatic rings. The van der Waals surface area contributed by atoms with E-state index in [9.17, 15) is 0 Å². The van der Waals surface area contributed by atoms with Gasteiger partial charge in [-0.15, -0.1) is 6.08 Å². The monoisotopic (exact) mass is 269 g/mol. The predicted octanol–water partition coefficient (Wildman–Crippen LogP) is 4.23. The highest BCUT2D eigenvalue weighted by atomic mass is 28.3. The lowest BCUT2D eigenvalue weighted by molar-refractivity contribution is -0.418. The van der Waals surface area contributed by atoms with Crippen LogP contribution in [0.4, 0.5) is 0 Å². The van der Waals surface area contributed by atoms with Gasteiger partial charge in [0.15, 0.2) is 0 Å². The van der Waals surface area contributed by atoms with Crippen LogP contribution in [0.2, 0.25) is 19.6 Å². The van der Waals surface area contributed by atoms with E-state index < -0.39 is 8.07 Å². The zero-order valence-electron chi connectivity index (χ0n) is 12.6. The molecule has 1 aliphatic rings. The van der Waals surface area contributed by atoms with E-state index >= 15 is 0 Å². The summed E-state index contributed by atoms with van der Waals surface area (Å²) in [6.07, 6.45) is 6.68. The molecule has 100 valence electrons. The molecule has 0 fully saturated rings. The van der Waals surface area contributed by atoms with Crippen molar-refractivity contribution in [1.29, 1.82) is 0 Å². The van der Waals surface area contributed by atoms with Gasteiger partial charge in [0.05, 0.1) is 14.8 Å². The zero-order chi connectivity index (χ0) is 14.2. The van der Waals surface area contributed by atoms with Crippen molar-refractivity contribution in [3.63, 3.8) is 0 Å². The van der Waals surface area contributed by atoms with Crippen molar-refractivity contribution >= 4 is 14.8 Å². The summed E-state index contributed by atoms with van der Waals surface area (Å²) in [5.41, 5.74) is 3.86. The van der Waals surface area contributed by atoms with Gasteiger partial charge in [-0.2, -0.15) is 0 Å². The highest BCUT2D eigenvalue weighted by molar-refractivity contribution is 6.83. The summed E-state index contributed by atoms with van der Waals surface area (Å²) in [6.45, 7) is 15.5. The van der Waals surface area contributed by atoms with Gasteiger partial charge in [0.2, 0.25) is 0 Å². The summed E-state index contributed by atoms with van der Waals surface area (Å²) >= 11 is 0. The second-order valence-corrected chi connectivity index (χ2v) is 11.4. The molecular formula is C17H23NSi. The Kier molecular flexibility index (Phi) is 3.55. The number of hydrogen-bond donors (Lipinski definition) is 0. The molecule has 0 saturated heterocycles. The van der Waals surface area contributed by atoms with E-state index in [4.69, 9.17) is 0 Å². The maximum atomic E-state index is 4.18. The van der Waals surface area contributed by atoms with Gasteiger partial charge in [-0.05, 0) is 18.6 Å². The Hall–Kier alpha value is -1.54. The Labute approximate surface area is 118 Å². The van der Waals surface area contributed by atoms with Crippen LogP contribution in [0.25, 0.3) is 0 Å². The van der Waals surface area contributed by atoms with Crippen LogP contribution in [0, 0.1) is 19.9 Å². The first-order valence-corrected chi connectivity index (χ1v) is 10.2. The molecule has 1 nitrogen and oxygen atoms in total. The lowest BCUT2D eigenvalue weighted by Crippen LogP contribution is -2.27. The van der Waals surface area contributed by atoms with Crippen LogP contribution >= 0.6 is 0 Å². The quantitative estimate of drug-likeness (QED) is 0.429. The molecular weight excluding hydrogens is 246 g/mol. The van der Waals surface area contributed by atoms with Crippen LogP contribution in [0.3, 0.4) is 0 Å². The first-order valence-electron chi connectivity index (χ1n) is 6.74. The van der Waals surface area contributed by atoms with Crippen molar-refractivity contribution in [3.05, 3.63) is 64.5 Å². The van der Waals surface area contributed by atoms with Crippen molar-refractivity contribution in [1.82, 2.24) is 0 Å². The van der Waals surface area contributed by atoms with Crippen LogP contribution < -0.4 is 0 Å². The molecule has 0 aliphatic carbocycles. The first-order chi connectivity index (χ1) is 8.79. The molecule has 0 unspecified atom stereocenters. The molecule has 0 amide bonds. The minimum absolute atomic E-state index is 1.18. The largest absolute Gasteiger partial charge is 0.255 e. The fourth-order valence-corrected chi connectivity index (χ4v) is 3.37. The van der Waals surface area contributed by atoms with E-state index in [2.05, 4.69) is 76.8 Å². The SMILES string of the molecule is C=[N+]1C=C([Si](C)(C)C)C=C[C-]1c1cc(C)ccc1C. The fourth-order valence-electron chi connectivity index (χ4n) is 2.24. The Morgan fingerprint density at radius 3 is 2.42 bits per heavy atom. The molecule has 0 radical (unpaired) electrons. The number of nitrogens with zero attached hydrogens (tertiary/aromatic N) is 1. The average Bonchev–Trinajstić information content (AvgIpc) is 2.31. The summed E-state index contributed by atoms with van der Waals surface area (Å²) < 4.78 is 2.02. The first kappa shape index (κ1) is 13.9. The summed E-state index contributed by atoms with van der Waals surface area (Å²) in [7, 11) is -1.27. The van der Waals surface area contributed by atoms with Crippen LogP contribution in [0.1, 0.15) is 16.7 Å². The van der Waals surface area contributed by atoms with Crippen molar-refractivity contribution in [2.24, 2.45) is 0 Å². The van der Waals surface area contributed by atoms with Crippen molar-refractivity contribution < 1.29 is 4.58 Å². The second kappa shape index (κ2) is 4.86. The number of aryl methyl sites for hydroxylation is 2. The van der Waals surface area contributed by atoms with Crippen LogP contribution in [0.15, 0.2) is 41.7 Å². The van der Waals surface area contributed by atoms with Gasteiger partial charge < -0.3 is 0 Å². The van der Waals surface area contributed by atoms with Crippen LogP contribution in [-0.4, -0.2) is 19.4 Å². The Bertz CT molecular complexity index is 573. The van der Waals surface area contributed by atoms with Gasteiger partial charge in [0, 0.05) is 0 Å². The van der Waals surface area contributed by atoms with E-state index in [-0.39, 0.29) is 0 Å². The topological polar surface area (TPSA) is 3.01 Å². The Balaban J connectivity index is 2.37. The fraction of sp³-hybridized carbons (Fsp3) is 0.294. The van der Waals surface area contributed by atoms with E-state index in [1.807, 2.05) is 4.58 Å². The molecule has 1 heterocycles. The Morgan fingerprint density at radius 1 is 1.16 bits per heavy atom. The minimum atomic E-state index is -1.27. The van der Waals surface area contributed by atoms with Crippen molar-refractivity contribution in [2.45, 2.75) is 33.5 Å². The summed E-state index contributed by atoms with van der Waals surface area (Å²) in [4.78, 5) is 0. The predicted molar refractivity (Wildman–Crippen MR) is 86.2 cm³/mol. The van der Waals surface area contributed by atoms with Gasteiger partial charge in [0.25, 0.3) is 0 Å². The molecule has 19 heavy (non-hydrogen) atoms. The average molecular weight is 269 g/mol. The minimum Gasteiger partial charge on any atom is -0.255 e. The molecule has 2 rings (SSSR count). The van der Waals surface area contributed by atoms with Crippen molar-refractivity contribution in [2.75, 3.05) is 0 Å². The molecule has 0 saturated carbocycles. The third kappa shape index (κ3) is 2.90. The van der Waals surface area contributed by atoms with E-state index in [1.54, 1.807) is 0 Å². The van der Waals surface area contributed by atoms with Gasteiger partial charge in [-0.25, -0.2) is 0 Å². The maximum Gasteiger partial charge on any atom is 0.147 e. The molecule has 0 bridgehead atoms. The van der Waals surface area contributed by atoms with E-state index in [0.717, 1.165) is 0 Å². The number of benzene rings is 1. The number of allylic oxidation sites excluding steroid dienone is 2. The molecule has 1 aliphatic heterocycles. The van der Waals surface area contributed by atoms with E-state index in [1.165, 1.54) is 27.9 Å². The molecule has 2 heteroatoms. The van der Waals surface area contributed by atoms with Gasteiger partial charge in [-0.1, -0.05) is 61.1 Å². The third-order valence-electron chi connectivity index (χ3n) is 3.56. The van der Waals surface area contributed by atoms with Crippen LogP contribution in [-0.2, 0) is 0 Å². The Morgan fingerprint density at radius 2 is 1.84 bits per heavy atom. The number of hydrogen-bond acceptors (Lipinski definition) is 0. The normalized spacial score (nSPS) is 15.7. The molecule has 0 spiro atoms. The summed E-state index contributed by atoms with van der Waals surface area (Å²) in [5, 5.41) is 1.44. The highest BCUT2D eigenvalue weighted by Crippen LogP contribution is 2.28. The van der Waals surface area contributed by atoms with E-state index in [0.29, 0.717) is 0 Å². The summed E-state index contributed by atoms with van der Waals surface area (Å²) in [5.74, 6) is 0. The highest BCUT2D eigenvalue weighted by Gasteiger charge is 2.24. The zero-order valence-corrected chi connectivity index (χ0v) is 13.6. The summed E-state index contributed by atoms with van der Waals surface area (Å²) in [6, 6.07) is 7.75. The maximum absolute atomic E-state index is 4.18. The van der Waals surface area contributed by atoms with Gasteiger partial charge >= 0.3 is 0 Å². The molecule has 0 atom stereocenters. The molecule has 0 N–H and O–H groups in total. The third-order valence-corrected chi connectivity index (χ3v) is 5.59. The van der Waals surface area contributed by atoms with Gasteiger partial charge in [0.1, 0.15) is 12.2 Å². The smallest absolute Gasteiger partial charge is 0.147 e. The lowest BCUT2D eigenvalue weighted by Gasteiger charge is -2.26. The number of rotatable bonds is 2. The lowest BCUT2D eigenvalue weighted by atomic mass is 9.97. The van der Waals surface area contributed by atoms with Gasteiger partial charge in [-0.3, -0.25) is 4.58 Å². The van der Waals surface area contributed by atoms with Crippen molar-refractivity contribution in [3.8, 4) is 0 Å². The second-order valence-electron chi connectivity index (χ2n) is 6.34. The van der Waals surface area contributed by atoms with Crippen LogP contribution in [0.5, 0.6) is 0 Å². The molecule has 0 aromatic heterocycles. The molecule has 1 aromatic carbocycles.